The molecule has 2 N–H and O–H groups in total. The molecule has 8 heteroatoms. The van der Waals surface area contributed by atoms with Gasteiger partial charge in [-0.05, 0) is 19.1 Å². The quantitative estimate of drug-likeness (QED) is 0.892. The Hall–Kier alpha value is -2.48. The van der Waals surface area contributed by atoms with E-state index >= 15 is 0 Å². The zero-order chi connectivity index (χ0) is 15.7. The lowest BCUT2D eigenvalue weighted by molar-refractivity contribution is 0.0669. The van der Waals surface area contributed by atoms with E-state index in [4.69, 9.17) is 10.5 Å². The highest BCUT2D eigenvalue weighted by molar-refractivity contribution is 5.92. The zero-order valence-corrected chi connectivity index (χ0v) is 12.6. The molecule has 1 aliphatic heterocycles. The van der Waals surface area contributed by atoms with E-state index in [-0.39, 0.29) is 11.9 Å². The molecule has 22 heavy (non-hydrogen) atoms. The number of amides is 1. The number of pyridine rings is 1. The smallest absolute Gasteiger partial charge is 0.273 e. The number of carbonyl (C=O) groups is 1. The molecule has 0 saturated heterocycles. The van der Waals surface area contributed by atoms with Crippen molar-refractivity contribution in [1.82, 2.24) is 24.6 Å². The number of ether oxygens (including phenoxy) is 1. The van der Waals surface area contributed by atoms with Crippen molar-refractivity contribution in [1.29, 1.82) is 0 Å². The first kappa shape index (κ1) is 14.5. The predicted molar refractivity (Wildman–Crippen MR) is 78.8 cm³/mol. The summed E-state index contributed by atoms with van der Waals surface area (Å²) in [7, 11) is 1.62. The van der Waals surface area contributed by atoms with Crippen LogP contribution in [0.3, 0.4) is 0 Å². The largest absolute Gasteiger partial charge is 0.384 e. The third-order valence-electron chi connectivity index (χ3n) is 3.65. The monoisotopic (exact) mass is 302 g/mol. The van der Waals surface area contributed by atoms with Crippen LogP contribution in [0.25, 0.3) is 0 Å². The minimum atomic E-state index is -0.151. The van der Waals surface area contributed by atoms with Crippen LogP contribution >= 0.6 is 0 Å². The van der Waals surface area contributed by atoms with E-state index in [1.165, 1.54) is 0 Å². The van der Waals surface area contributed by atoms with Crippen molar-refractivity contribution in [2.24, 2.45) is 0 Å². The van der Waals surface area contributed by atoms with Crippen LogP contribution in [0.1, 0.15) is 35.1 Å². The Bertz CT molecular complexity index is 698. The molecule has 0 aromatic carbocycles. The molecule has 1 atom stereocenters. The number of nitrogens with two attached hydrogens (primary N) is 1. The average molecular weight is 302 g/mol. The predicted octanol–water partition coefficient (Wildman–Crippen LogP) is 0.619. The van der Waals surface area contributed by atoms with Gasteiger partial charge in [-0.15, -0.1) is 10.2 Å². The van der Waals surface area contributed by atoms with Crippen LogP contribution in [0.15, 0.2) is 18.2 Å². The van der Waals surface area contributed by atoms with Crippen LogP contribution in [0.4, 0.5) is 5.82 Å². The van der Waals surface area contributed by atoms with Crippen molar-refractivity contribution in [3.05, 3.63) is 35.5 Å². The van der Waals surface area contributed by atoms with E-state index in [9.17, 15) is 4.79 Å². The number of hydrogen-bond acceptors (Lipinski definition) is 6. The summed E-state index contributed by atoms with van der Waals surface area (Å²) in [6.45, 7) is 3.40. The van der Waals surface area contributed by atoms with Crippen molar-refractivity contribution >= 4 is 11.7 Å². The van der Waals surface area contributed by atoms with E-state index in [0.717, 1.165) is 11.6 Å². The highest BCUT2D eigenvalue weighted by atomic mass is 16.5. The maximum absolute atomic E-state index is 12.6. The third-order valence-corrected chi connectivity index (χ3v) is 3.65. The minimum Gasteiger partial charge on any atom is -0.384 e. The molecule has 0 fully saturated rings. The second kappa shape index (κ2) is 5.72. The molecule has 116 valence electrons. The van der Waals surface area contributed by atoms with E-state index in [0.29, 0.717) is 31.2 Å². The Morgan fingerprint density at radius 3 is 3.00 bits per heavy atom. The highest BCUT2D eigenvalue weighted by Gasteiger charge is 2.30. The summed E-state index contributed by atoms with van der Waals surface area (Å²) in [5.74, 6) is 1.71. The van der Waals surface area contributed by atoms with Gasteiger partial charge in [-0.2, -0.15) is 0 Å². The number of carbonyl (C=O) groups excluding carboxylic acids is 1. The van der Waals surface area contributed by atoms with Crippen molar-refractivity contribution < 1.29 is 9.53 Å². The number of rotatable bonds is 3. The fraction of sp³-hybridized carbons (Fsp3) is 0.429. The number of anilines is 1. The lowest BCUT2D eigenvalue weighted by Gasteiger charge is -2.32. The molecule has 3 rings (SSSR count). The second-order valence-electron chi connectivity index (χ2n) is 5.32. The summed E-state index contributed by atoms with van der Waals surface area (Å²) in [6.07, 6.45) is 0. The first-order valence-corrected chi connectivity index (χ1v) is 7.03. The molecule has 0 bridgehead atoms. The summed E-state index contributed by atoms with van der Waals surface area (Å²) < 4.78 is 7.16. The van der Waals surface area contributed by atoms with Gasteiger partial charge in [-0.1, -0.05) is 6.07 Å². The van der Waals surface area contributed by atoms with Crippen LogP contribution in [0.5, 0.6) is 0 Å². The minimum absolute atomic E-state index is 0.0777. The van der Waals surface area contributed by atoms with Crippen molar-refractivity contribution in [3.8, 4) is 0 Å². The summed E-state index contributed by atoms with van der Waals surface area (Å²) in [5.41, 5.74) is 5.99. The van der Waals surface area contributed by atoms with Gasteiger partial charge in [0.15, 0.2) is 11.6 Å². The molecular formula is C14H18N6O2. The van der Waals surface area contributed by atoms with Crippen LogP contribution in [-0.4, -0.2) is 44.2 Å². The van der Waals surface area contributed by atoms with Crippen LogP contribution in [-0.2, 0) is 17.9 Å². The Labute approximate surface area is 127 Å². The van der Waals surface area contributed by atoms with Crippen molar-refractivity contribution in [3.63, 3.8) is 0 Å². The summed E-state index contributed by atoms with van der Waals surface area (Å²) in [5, 5.41) is 8.30. The lowest BCUT2D eigenvalue weighted by Crippen LogP contribution is -2.41. The zero-order valence-electron chi connectivity index (χ0n) is 12.6. The van der Waals surface area contributed by atoms with E-state index < -0.39 is 0 Å². The van der Waals surface area contributed by atoms with Crippen molar-refractivity contribution in [2.45, 2.75) is 26.1 Å². The normalized spacial score (nSPS) is 17.4. The van der Waals surface area contributed by atoms with Gasteiger partial charge in [-0.25, -0.2) is 4.98 Å². The Morgan fingerprint density at radius 2 is 2.27 bits per heavy atom. The lowest BCUT2D eigenvalue weighted by atomic mass is 10.2. The van der Waals surface area contributed by atoms with Crippen LogP contribution in [0, 0.1) is 0 Å². The topological polar surface area (TPSA) is 99.2 Å². The highest BCUT2D eigenvalue weighted by Crippen LogP contribution is 2.23. The molecule has 0 spiro atoms. The number of nitrogens with zero attached hydrogens (tertiary/aromatic N) is 5. The number of fused-ring (bicyclic) bond motifs is 1. The van der Waals surface area contributed by atoms with Crippen LogP contribution in [0.2, 0.25) is 0 Å². The fourth-order valence-electron chi connectivity index (χ4n) is 2.73. The SMILES string of the molecule is COCc1nnc2n1[C@@H](C)CN(C(=O)c1cccc(N)n1)C2. The van der Waals surface area contributed by atoms with E-state index in [1.807, 2.05) is 11.5 Å². The Kier molecular flexibility index (Phi) is 3.76. The van der Waals surface area contributed by atoms with Gasteiger partial charge in [0.1, 0.15) is 18.1 Å². The van der Waals surface area contributed by atoms with Gasteiger partial charge >= 0.3 is 0 Å². The average Bonchev–Trinajstić information content (AvgIpc) is 2.90. The van der Waals surface area contributed by atoms with Gasteiger partial charge < -0.3 is 19.9 Å². The van der Waals surface area contributed by atoms with Crippen LogP contribution < -0.4 is 5.73 Å². The van der Waals surface area contributed by atoms with Gasteiger partial charge in [-0.3, -0.25) is 4.79 Å². The van der Waals surface area contributed by atoms with Gasteiger partial charge in [0.05, 0.1) is 12.6 Å². The Morgan fingerprint density at radius 1 is 1.45 bits per heavy atom. The Balaban J connectivity index is 1.85. The maximum Gasteiger partial charge on any atom is 0.273 e. The molecule has 0 aliphatic carbocycles. The second-order valence-corrected chi connectivity index (χ2v) is 5.32. The molecule has 2 aromatic rings. The number of methoxy groups -OCH3 is 1. The molecule has 0 radical (unpaired) electrons. The number of hydrogen-bond donors (Lipinski definition) is 1. The van der Waals surface area contributed by atoms with Gasteiger partial charge in [0.25, 0.3) is 5.91 Å². The first-order chi connectivity index (χ1) is 10.6. The molecule has 8 nitrogen and oxygen atoms in total. The van der Waals surface area contributed by atoms with Gasteiger partial charge in [0, 0.05) is 13.7 Å². The molecule has 1 amide bonds. The maximum atomic E-state index is 12.6. The number of aromatic nitrogens is 4. The molecule has 3 heterocycles. The van der Waals surface area contributed by atoms with E-state index in [2.05, 4.69) is 15.2 Å². The first-order valence-electron chi connectivity index (χ1n) is 7.03. The fourth-order valence-corrected chi connectivity index (χ4v) is 2.73. The third kappa shape index (κ3) is 2.52. The molecule has 2 aromatic heterocycles. The molecule has 0 saturated carbocycles. The van der Waals surface area contributed by atoms with Crippen molar-refractivity contribution in [2.75, 3.05) is 19.4 Å². The number of nitrogen functional groups attached to an aromatic ring is 1. The standard InChI is InChI=1S/C14H18N6O2/c1-9-6-19(14(21)10-4-3-5-11(15)16-10)7-12-17-18-13(8-22-2)20(9)12/h3-5,9H,6-8H2,1-2H3,(H2,15,16)/t9-/m0/s1. The van der Waals surface area contributed by atoms with Gasteiger partial charge in [0.2, 0.25) is 0 Å². The molecule has 1 aliphatic rings. The summed E-state index contributed by atoms with van der Waals surface area (Å²) >= 11 is 0. The van der Waals surface area contributed by atoms with E-state index in [1.54, 1.807) is 30.2 Å². The molecular weight excluding hydrogens is 284 g/mol. The summed E-state index contributed by atoms with van der Waals surface area (Å²) in [4.78, 5) is 18.4. The molecule has 0 unspecified atom stereocenters. The summed E-state index contributed by atoms with van der Waals surface area (Å²) in [6, 6.07) is 5.12.